The Kier molecular flexibility index (Phi) is 4.84. The number of carbonyl (C=O) groups is 2. The van der Waals surface area contributed by atoms with Gasteiger partial charge in [-0.1, -0.05) is 15.9 Å². The number of piperidine rings is 1. The van der Waals surface area contributed by atoms with Gasteiger partial charge < -0.3 is 15.1 Å². The van der Waals surface area contributed by atoms with Crippen LogP contribution in [-0.2, 0) is 17.3 Å². The molecule has 7 nitrogen and oxygen atoms in total. The number of hydrogen-bond acceptors (Lipinski definition) is 4. The first-order valence-electron chi connectivity index (χ1n) is 10.6. The van der Waals surface area contributed by atoms with Gasteiger partial charge in [-0.3, -0.25) is 14.3 Å². The van der Waals surface area contributed by atoms with Crippen LogP contribution in [0.1, 0.15) is 41.6 Å². The molecule has 0 radical (unpaired) electrons. The summed E-state index contributed by atoms with van der Waals surface area (Å²) in [6.45, 7) is 2.50. The van der Waals surface area contributed by atoms with Crippen LogP contribution >= 0.6 is 15.9 Å². The standard InChI is InChI=1S/C22H26BrN5O2/c1-26-12-17(10-24-26)27-8-2-3-16(11-27)25-20(29)13-28-14-22(6-7-22)19-9-15(23)4-5-18(19)21(28)30/h4-5,9-10,12,16H,2-3,6-8,11,13-14H2,1H3,(H,25,29). The summed E-state index contributed by atoms with van der Waals surface area (Å²) in [4.78, 5) is 29.8. The van der Waals surface area contributed by atoms with E-state index in [-0.39, 0.29) is 29.8 Å². The van der Waals surface area contributed by atoms with Crippen molar-refractivity contribution in [3.05, 3.63) is 46.2 Å². The topological polar surface area (TPSA) is 70.5 Å². The van der Waals surface area contributed by atoms with Crippen LogP contribution in [0.15, 0.2) is 35.1 Å². The van der Waals surface area contributed by atoms with E-state index in [1.807, 2.05) is 31.6 Å². The molecule has 3 heterocycles. The predicted molar refractivity (Wildman–Crippen MR) is 118 cm³/mol. The van der Waals surface area contributed by atoms with Gasteiger partial charge in [-0.15, -0.1) is 0 Å². The van der Waals surface area contributed by atoms with Gasteiger partial charge in [0, 0.05) is 54.4 Å². The quantitative estimate of drug-likeness (QED) is 0.743. The van der Waals surface area contributed by atoms with E-state index in [4.69, 9.17) is 0 Å². The Bertz CT molecular complexity index is 999. The summed E-state index contributed by atoms with van der Waals surface area (Å²) in [7, 11) is 1.91. The van der Waals surface area contributed by atoms with Crippen LogP contribution in [0.3, 0.4) is 0 Å². The number of nitrogens with zero attached hydrogens (tertiary/aromatic N) is 4. The molecule has 1 atom stereocenters. The lowest BCUT2D eigenvalue weighted by Gasteiger charge is -2.36. The summed E-state index contributed by atoms with van der Waals surface area (Å²) in [6.07, 6.45) is 7.99. The molecular formula is C22H26BrN5O2. The van der Waals surface area contributed by atoms with Crippen molar-refractivity contribution >= 4 is 33.4 Å². The van der Waals surface area contributed by atoms with Crippen molar-refractivity contribution in [1.29, 1.82) is 0 Å². The maximum absolute atomic E-state index is 13.0. The summed E-state index contributed by atoms with van der Waals surface area (Å²) in [5, 5.41) is 7.41. The molecule has 2 fully saturated rings. The molecule has 1 unspecified atom stereocenters. The Morgan fingerprint density at radius 2 is 2.20 bits per heavy atom. The molecule has 1 saturated carbocycles. The number of halogens is 1. The number of hydrogen-bond donors (Lipinski definition) is 1. The van der Waals surface area contributed by atoms with E-state index >= 15 is 0 Å². The summed E-state index contributed by atoms with van der Waals surface area (Å²) < 4.78 is 2.80. The average Bonchev–Trinajstić information content (AvgIpc) is 3.36. The van der Waals surface area contributed by atoms with Crippen molar-refractivity contribution < 1.29 is 9.59 Å². The Labute approximate surface area is 184 Å². The molecular weight excluding hydrogens is 446 g/mol. The van der Waals surface area contributed by atoms with E-state index in [0.717, 1.165) is 60.1 Å². The fraction of sp³-hybridized carbons (Fsp3) is 0.500. The molecule has 158 valence electrons. The Hall–Kier alpha value is -2.35. The first-order valence-corrected chi connectivity index (χ1v) is 11.4. The second-order valence-electron chi connectivity index (χ2n) is 8.86. The zero-order chi connectivity index (χ0) is 20.9. The van der Waals surface area contributed by atoms with Gasteiger partial charge in [-0.2, -0.15) is 5.10 Å². The van der Waals surface area contributed by atoms with Crippen LogP contribution in [0.5, 0.6) is 0 Å². The molecule has 2 aliphatic heterocycles. The van der Waals surface area contributed by atoms with Gasteiger partial charge in [0.05, 0.1) is 18.4 Å². The van der Waals surface area contributed by atoms with E-state index in [2.05, 4.69) is 37.3 Å². The zero-order valence-electron chi connectivity index (χ0n) is 17.1. The van der Waals surface area contributed by atoms with E-state index in [1.165, 1.54) is 0 Å². The molecule has 2 aromatic rings. The molecule has 0 bridgehead atoms. The highest BCUT2D eigenvalue weighted by atomic mass is 79.9. The highest BCUT2D eigenvalue weighted by Crippen LogP contribution is 2.52. The van der Waals surface area contributed by atoms with Gasteiger partial charge in [0.25, 0.3) is 5.91 Å². The highest BCUT2D eigenvalue weighted by Gasteiger charge is 2.51. The fourth-order valence-corrected chi connectivity index (χ4v) is 5.25. The first kappa shape index (κ1) is 19.6. The largest absolute Gasteiger partial charge is 0.367 e. The molecule has 30 heavy (non-hydrogen) atoms. The minimum atomic E-state index is -0.0715. The lowest BCUT2D eigenvalue weighted by molar-refractivity contribution is -0.122. The van der Waals surface area contributed by atoms with Gasteiger partial charge in [-0.05, 0) is 49.4 Å². The predicted octanol–water partition coefficient (Wildman–Crippen LogP) is 2.46. The zero-order valence-corrected chi connectivity index (χ0v) is 18.7. The SMILES string of the molecule is Cn1cc(N2CCCC(NC(=O)CN3CC4(CC4)c4cc(Br)ccc4C3=O)C2)cn1. The monoisotopic (exact) mass is 471 g/mol. The summed E-state index contributed by atoms with van der Waals surface area (Å²) in [6, 6.07) is 5.96. The number of aryl methyl sites for hydroxylation is 1. The average molecular weight is 472 g/mol. The van der Waals surface area contributed by atoms with Gasteiger partial charge in [0.2, 0.25) is 5.91 Å². The summed E-state index contributed by atoms with van der Waals surface area (Å²) >= 11 is 3.53. The molecule has 1 aromatic carbocycles. The van der Waals surface area contributed by atoms with E-state index in [1.54, 1.807) is 9.58 Å². The minimum absolute atomic E-state index is 0.0363. The maximum atomic E-state index is 13.0. The number of nitrogens with one attached hydrogen (secondary N) is 1. The third-order valence-electron chi connectivity index (χ3n) is 6.60. The van der Waals surface area contributed by atoms with Crippen molar-refractivity contribution in [2.75, 3.05) is 31.1 Å². The third kappa shape index (κ3) is 3.62. The highest BCUT2D eigenvalue weighted by molar-refractivity contribution is 9.10. The van der Waals surface area contributed by atoms with Crippen LogP contribution in [0, 0.1) is 0 Å². The number of aromatic nitrogens is 2. The van der Waals surface area contributed by atoms with Crippen molar-refractivity contribution in [2.24, 2.45) is 7.05 Å². The fourth-order valence-electron chi connectivity index (χ4n) is 4.89. The van der Waals surface area contributed by atoms with Crippen LogP contribution in [0.4, 0.5) is 5.69 Å². The van der Waals surface area contributed by atoms with Gasteiger partial charge >= 0.3 is 0 Å². The number of fused-ring (bicyclic) bond motifs is 2. The minimum Gasteiger partial charge on any atom is -0.367 e. The third-order valence-corrected chi connectivity index (χ3v) is 7.09. The maximum Gasteiger partial charge on any atom is 0.254 e. The summed E-state index contributed by atoms with van der Waals surface area (Å²) in [5.41, 5.74) is 3.00. The normalized spacial score (nSPS) is 22.2. The van der Waals surface area contributed by atoms with Gasteiger partial charge in [0.1, 0.15) is 0 Å². The van der Waals surface area contributed by atoms with E-state index < -0.39 is 0 Å². The van der Waals surface area contributed by atoms with Crippen LogP contribution in [-0.4, -0.2) is 58.7 Å². The number of rotatable bonds is 4. The number of carbonyl (C=O) groups excluding carboxylic acids is 2. The van der Waals surface area contributed by atoms with Crippen molar-refractivity contribution in [3.63, 3.8) is 0 Å². The molecule has 5 rings (SSSR count). The molecule has 1 N–H and O–H groups in total. The van der Waals surface area contributed by atoms with Crippen molar-refractivity contribution in [2.45, 2.75) is 37.1 Å². The molecule has 1 aliphatic carbocycles. The smallest absolute Gasteiger partial charge is 0.254 e. The second-order valence-corrected chi connectivity index (χ2v) is 9.77. The first-order chi connectivity index (χ1) is 14.4. The van der Waals surface area contributed by atoms with Gasteiger partial charge in [-0.25, -0.2) is 0 Å². The second kappa shape index (κ2) is 7.41. The van der Waals surface area contributed by atoms with Crippen LogP contribution in [0.25, 0.3) is 0 Å². The van der Waals surface area contributed by atoms with Gasteiger partial charge in [0.15, 0.2) is 0 Å². The number of anilines is 1. The molecule has 8 heteroatoms. The molecule has 2 amide bonds. The summed E-state index contributed by atoms with van der Waals surface area (Å²) in [5.74, 6) is -0.108. The molecule has 3 aliphatic rings. The van der Waals surface area contributed by atoms with Crippen molar-refractivity contribution in [1.82, 2.24) is 20.0 Å². The van der Waals surface area contributed by atoms with Crippen LogP contribution < -0.4 is 10.2 Å². The molecule has 1 aromatic heterocycles. The molecule has 1 spiro atoms. The lowest BCUT2D eigenvalue weighted by atomic mass is 9.86. The van der Waals surface area contributed by atoms with E-state index in [9.17, 15) is 9.59 Å². The van der Waals surface area contributed by atoms with E-state index in [0.29, 0.717) is 6.54 Å². The molecule has 1 saturated heterocycles. The number of benzene rings is 1. The van der Waals surface area contributed by atoms with Crippen LogP contribution in [0.2, 0.25) is 0 Å². The Morgan fingerprint density at radius 1 is 1.37 bits per heavy atom. The number of amides is 2. The van der Waals surface area contributed by atoms with Crippen molar-refractivity contribution in [3.8, 4) is 0 Å². The Morgan fingerprint density at radius 3 is 2.93 bits per heavy atom. The Balaban J connectivity index is 1.24. The lowest BCUT2D eigenvalue weighted by Crippen LogP contribution is -2.52.